The summed E-state index contributed by atoms with van der Waals surface area (Å²) in [5, 5.41) is 10.5. The first-order valence-corrected chi connectivity index (χ1v) is 7.67. The van der Waals surface area contributed by atoms with E-state index in [2.05, 4.69) is 15.6 Å². The first kappa shape index (κ1) is 15.8. The van der Waals surface area contributed by atoms with Crippen molar-refractivity contribution in [1.82, 2.24) is 25.2 Å². The van der Waals surface area contributed by atoms with Gasteiger partial charge in [0.15, 0.2) is 5.69 Å². The summed E-state index contributed by atoms with van der Waals surface area (Å²) in [6.45, 7) is 4.99. The van der Waals surface area contributed by atoms with Crippen molar-refractivity contribution in [2.24, 2.45) is 5.92 Å². The predicted molar refractivity (Wildman–Crippen MR) is 75.7 cm³/mol. The zero-order valence-corrected chi connectivity index (χ0v) is 13.1. The third-order valence-electron chi connectivity index (χ3n) is 4.34. The first-order chi connectivity index (χ1) is 10.8. The molecule has 1 saturated carbocycles. The summed E-state index contributed by atoms with van der Waals surface area (Å²) in [4.78, 5) is 26.0. The van der Waals surface area contributed by atoms with Crippen LogP contribution in [0, 0.1) is 5.92 Å². The highest BCUT2D eigenvalue weighted by Crippen LogP contribution is 2.42. The standard InChI is InChI=1S/C14H19F2N5O2/c1-8(2)20-3-4-21-11(13(20)23)10(18-19-21)7-17-12(22)9-5-14(15,16)6-9/h8-9H,3-7H2,1-2H3,(H,17,22). The van der Waals surface area contributed by atoms with Gasteiger partial charge in [-0.15, -0.1) is 5.10 Å². The number of hydrogen-bond acceptors (Lipinski definition) is 4. The molecule has 2 amide bonds. The fourth-order valence-corrected chi connectivity index (χ4v) is 2.95. The highest BCUT2D eigenvalue weighted by atomic mass is 19.3. The Labute approximate surface area is 132 Å². The van der Waals surface area contributed by atoms with Crippen LogP contribution in [0.4, 0.5) is 8.78 Å². The molecule has 126 valence electrons. The molecule has 7 nitrogen and oxygen atoms in total. The normalized spacial score (nSPS) is 20.4. The van der Waals surface area contributed by atoms with Gasteiger partial charge in [0.1, 0.15) is 5.69 Å². The number of nitrogens with one attached hydrogen (secondary N) is 1. The van der Waals surface area contributed by atoms with Crippen LogP contribution in [0.25, 0.3) is 0 Å². The topological polar surface area (TPSA) is 80.1 Å². The van der Waals surface area contributed by atoms with Crippen molar-refractivity contribution < 1.29 is 18.4 Å². The highest BCUT2D eigenvalue weighted by Gasteiger charge is 2.48. The molecule has 23 heavy (non-hydrogen) atoms. The average Bonchev–Trinajstić information content (AvgIpc) is 2.86. The second kappa shape index (κ2) is 5.54. The summed E-state index contributed by atoms with van der Waals surface area (Å²) in [6, 6.07) is 0.0609. The van der Waals surface area contributed by atoms with E-state index < -0.39 is 30.6 Å². The van der Waals surface area contributed by atoms with Gasteiger partial charge in [-0.2, -0.15) is 0 Å². The highest BCUT2D eigenvalue weighted by molar-refractivity contribution is 5.94. The Hall–Kier alpha value is -2.06. The van der Waals surface area contributed by atoms with E-state index in [1.54, 1.807) is 4.90 Å². The van der Waals surface area contributed by atoms with E-state index in [1.807, 2.05) is 13.8 Å². The fraction of sp³-hybridized carbons (Fsp3) is 0.714. The molecule has 9 heteroatoms. The van der Waals surface area contributed by atoms with Crippen molar-refractivity contribution >= 4 is 11.8 Å². The van der Waals surface area contributed by atoms with Crippen LogP contribution in [-0.4, -0.2) is 50.2 Å². The zero-order valence-electron chi connectivity index (χ0n) is 13.1. The number of alkyl halides is 2. The van der Waals surface area contributed by atoms with Crippen molar-refractivity contribution in [3.63, 3.8) is 0 Å². The number of amides is 2. The van der Waals surface area contributed by atoms with Gasteiger partial charge in [0.2, 0.25) is 11.8 Å². The molecular formula is C14H19F2N5O2. The van der Waals surface area contributed by atoms with Gasteiger partial charge in [0.25, 0.3) is 5.91 Å². The van der Waals surface area contributed by atoms with Crippen LogP contribution < -0.4 is 5.32 Å². The molecule has 1 aliphatic heterocycles. The van der Waals surface area contributed by atoms with E-state index in [0.29, 0.717) is 24.5 Å². The lowest BCUT2D eigenvalue weighted by atomic mass is 9.81. The Morgan fingerprint density at radius 2 is 2.09 bits per heavy atom. The van der Waals surface area contributed by atoms with Gasteiger partial charge in [-0.25, -0.2) is 13.5 Å². The number of carbonyl (C=O) groups is 2. The predicted octanol–water partition coefficient (Wildman–Crippen LogP) is 0.804. The van der Waals surface area contributed by atoms with Gasteiger partial charge >= 0.3 is 0 Å². The minimum atomic E-state index is -2.73. The third-order valence-corrected chi connectivity index (χ3v) is 4.34. The van der Waals surface area contributed by atoms with Gasteiger partial charge in [0.05, 0.1) is 13.1 Å². The molecule has 0 unspecified atom stereocenters. The van der Waals surface area contributed by atoms with Gasteiger partial charge < -0.3 is 10.2 Å². The number of carbonyl (C=O) groups excluding carboxylic acids is 2. The number of hydrogen-bond donors (Lipinski definition) is 1. The largest absolute Gasteiger partial charge is 0.350 e. The van der Waals surface area contributed by atoms with Gasteiger partial charge in [0, 0.05) is 31.3 Å². The number of fused-ring (bicyclic) bond motifs is 1. The lowest BCUT2D eigenvalue weighted by Gasteiger charge is -2.33. The molecule has 0 bridgehead atoms. The van der Waals surface area contributed by atoms with Crippen molar-refractivity contribution in [2.45, 2.75) is 51.7 Å². The minimum absolute atomic E-state index is 0.0217. The molecule has 0 spiro atoms. The quantitative estimate of drug-likeness (QED) is 0.887. The molecule has 1 aromatic rings. The van der Waals surface area contributed by atoms with Crippen molar-refractivity contribution in [3.05, 3.63) is 11.4 Å². The molecular weight excluding hydrogens is 308 g/mol. The lowest BCUT2D eigenvalue weighted by molar-refractivity contribution is -0.150. The van der Waals surface area contributed by atoms with E-state index in [-0.39, 0.29) is 18.5 Å². The number of rotatable bonds is 4. The SMILES string of the molecule is CC(C)N1CCn2nnc(CNC(=O)C3CC(F)(F)C3)c2C1=O. The van der Waals surface area contributed by atoms with E-state index in [0.717, 1.165) is 0 Å². The summed E-state index contributed by atoms with van der Waals surface area (Å²) >= 11 is 0. The Morgan fingerprint density at radius 1 is 1.39 bits per heavy atom. The minimum Gasteiger partial charge on any atom is -0.350 e. The second-order valence-electron chi connectivity index (χ2n) is 6.38. The van der Waals surface area contributed by atoms with E-state index >= 15 is 0 Å². The van der Waals surface area contributed by atoms with Crippen LogP contribution >= 0.6 is 0 Å². The Kier molecular flexibility index (Phi) is 3.81. The zero-order chi connectivity index (χ0) is 16.8. The van der Waals surface area contributed by atoms with Crippen LogP contribution in [0.5, 0.6) is 0 Å². The molecule has 0 atom stereocenters. The fourth-order valence-electron chi connectivity index (χ4n) is 2.95. The number of aromatic nitrogens is 3. The molecule has 0 aromatic carbocycles. The van der Waals surface area contributed by atoms with Crippen molar-refractivity contribution in [2.75, 3.05) is 6.54 Å². The van der Waals surface area contributed by atoms with E-state index in [4.69, 9.17) is 0 Å². The summed E-state index contributed by atoms with van der Waals surface area (Å²) in [7, 11) is 0. The molecule has 1 fully saturated rings. The average molecular weight is 327 g/mol. The van der Waals surface area contributed by atoms with E-state index in [9.17, 15) is 18.4 Å². The first-order valence-electron chi connectivity index (χ1n) is 7.67. The Bertz CT molecular complexity index is 635. The summed E-state index contributed by atoms with van der Waals surface area (Å²) in [6.07, 6.45) is -0.836. The smallest absolute Gasteiger partial charge is 0.274 e. The molecule has 1 N–H and O–H groups in total. The maximum atomic E-state index is 12.8. The van der Waals surface area contributed by atoms with Crippen LogP contribution in [0.15, 0.2) is 0 Å². The number of halogens is 2. The molecule has 3 rings (SSSR count). The summed E-state index contributed by atoms with van der Waals surface area (Å²) in [5.41, 5.74) is 0.740. The summed E-state index contributed by atoms with van der Waals surface area (Å²) < 4.78 is 27.1. The molecule has 2 aliphatic rings. The molecule has 0 saturated heterocycles. The third kappa shape index (κ3) is 2.91. The van der Waals surface area contributed by atoms with Gasteiger partial charge in [-0.1, -0.05) is 5.21 Å². The van der Waals surface area contributed by atoms with Gasteiger partial charge in [-0.3, -0.25) is 9.59 Å². The van der Waals surface area contributed by atoms with Crippen LogP contribution in [-0.2, 0) is 17.9 Å². The second-order valence-corrected chi connectivity index (χ2v) is 6.38. The Balaban J connectivity index is 1.65. The van der Waals surface area contributed by atoms with Crippen LogP contribution in [0.3, 0.4) is 0 Å². The maximum absolute atomic E-state index is 12.8. The van der Waals surface area contributed by atoms with Crippen molar-refractivity contribution in [1.29, 1.82) is 0 Å². The molecule has 0 radical (unpaired) electrons. The number of nitrogens with zero attached hydrogens (tertiary/aromatic N) is 4. The molecule has 1 aliphatic carbocycles. The van der Waals surface area contributed by atoms with Crippen LogP contribution in [0.2, 0.25) is 0 Å². The monoisotopic (exact) mass is 327 g/mol. The van der Waals surface area contributed by atoms with Crippen LogP contribution in [0.1, 0.15) is 42.9 Å². The summed E-state index contributed by atoms with van der Waals surface area (Å²) in [5.74, 6) is -4.00. The molecule has 1 aromatic heterocycles. The van der Waals surface area contributed by atoms with E-state index in [1.165, 1.54) is 4.68 Å². The Morgan fingerprint density at radius 3 is 2.70 bits per heavy atom. The van der Waals surface area contributed by atoms with Gasteiger partial charge in [-0.05, 0) is 13.8 Å². The lowest BCUT2D eigenvalue weighted by Crippen LogP contribution is -2.46. The molecule has 2 heterocycles. The maximum Gasteiger partial charge on any atom is 0.274 e. The van der Waals surface area contributed by atoms with Crippen molar-refractivity contribution in [3.8, 4) is 0 Å².